The predicted octanol–water partition coefficient (Wildman–Crippen LogP) is 2.72. The van der Waals surface area contributed by atoms with Crippen molar-refractivity contribution in [2.75, 3.05) is 11.4 Å². The number of carbonyl (C=O) groups is 1. The molecule has 0 radical (unpaired) electrons. The van der Waals surface area contributed by atoms with E-state index >= 15 is 0 Å². The number of nitrogens with zero attached hydrogens (tertiary/aromatic N) is 1. The van der Waals surface area contributed by atoms with E-state index in [1.54, 1.807) is 0 Å². The van der Waals surface area contributed by atoms with E-state index in [-0.39, 0.29) is 11.9 Å². The van der Waals surface area contributed by atoms with Gasteiger partial charge < -0.3 is 0 Å². The Morgan fingerprint density at radius 2 is 2.06 bits per heavy atom. The van der Waals surface area contributed by atoms with E-state index in [4.69, 9.17) is 4.74 Å². The first-order valence-corrected chi connectivity index (χ1v) is 16.1. The van der Waals surface area contributed by atoms with Crippen LogP contribution >= 0.6 is 0 Å². The first-order valence-electron chi connectivity index (χ1n) is 6.07. The molecule has 1 aromatic rings. The minimum atomic E-state index is -2.41. The molecule has 1 aliphatic rings. The summed E-state index contributed by atoms with van der Waals surface area (Å²) in [6, 6.07) is 5.10. The van der Waals surface area contributed by atoms with Gasteiger partial charge in [0.15, 0.2) is 0 Å². The molecule has 0 saturated carbocycles. The number of rotatable bonds is 2. The number of hydrogen-bond acceptors (Lipinski definition) is 2. The van der Waals surface area contributed by atoms with Gasteiger partial charge in [0, 0.05) is 0 Å². The second-order valence-electron chi connectivity index (χ2n) is 5.72. The molecule has 0 aromatic heterocycles. The normalized spacial score (nSPS) is 20.2. The van der Waals surface area contributed by atoms with E-state index in [9.17, 15) is 9.18 Å². The number of halogens is 1. The summed E-state index contributed by atoms with van der Waals surface area (Å²) in [5, 5.41) is 0. The molecule has 1 aromatic carbocycles. The Labute approximate surface area is 111 Å². The van der Waals surface area contributed by atoms with Crippen molar-refractivity contribution < 1.29 is 13.9 Å². The number of ether oxygens (including phenoxy) is 1. The molecule has 0 unspecified atom stereocenters. The van der Waals surface area contributed by atoms with Crippen LogP contribution in [0.2, 0.25) is 14.8 Å². The summed E-state index contributed by atoms with van der Waals surface area (Å²) in [4.78, 5) is 19.6. The molecule has 1 aliphatic heterocycles. The monoisotopic (exact) mass is 359 g/mol. The first kappa shape index (κ1) is 13.6. The SMILES string of the molecule is C[C@H]1CN(c2cc[c]([Sn]([CH3])([CH3])[CH3])c(F)c2)C(=O)O1. The maximum atomic E-state index is 14.1. The summed E-state index contributed by atoms with van der Waals surface area (Å²) < 4.78 is 20.0. The van der Waals surface area contributed by atoms with Crippen LogP contribution in [0.15, 0.2) is 18.2 Å². The molecule has 1 fully saturated rings. The molecule has 0 aliphatic carbocycles. The molecule has 5 heteroatoms. The van der Waals surface area contributed by atoms with Crippen LogP contribution in [0.3, 0.4) is 0 Å². The number of benzene rings is 1. The summed E-state index contributed by atoms with van der Waals surface area (Å²) in [6.45, 7) is 2.31. The fourth-order valence-electron chi connectivity index (χ4n) is 2.10. The number of carbonyl (C=O) groups excluding carboxylic acids is 1. The van der Waals surface area contributed by atoms with Crippen molar-refractivity contribution >= 4 is 33.7 Å². The summed E-state index contributed by atoms with van der Waals surface area (Å²) in [5.41, 5.74) is 0.584. The number of hydrogen-bond donors (Lipinski definition) is 0. The molecule has 2 rings (SSSR count). The van der Waals surface area contributed by atoms with Crippen LogP contribution in [0.25, 0.3) is 0 Å². The van der Waals surface area contributed by atoms with Crippen LogP contribution < -0.4 is 8.48 Å². The van der Waals surface area contributed by atoms with E-state index < -0.39 is 24.5 Å². The zero-order valence-corrected chi connectivity index (χ0v) is 14.0. The van der Waals surface area contributed by atoms with Gasteiger partial charge in [-0.1, -0.05) is 0 Å². The van der Waals surface area contributed by atoms with Gasteiger partial charge in [-0.2, -0.15) is 0 Å². The Morgan fingerprint density at radius 3 is 2.50 bits per heavy atom. The minimum absolute atomic E-state index is 0.137. The average Bonchev–Trinajstić information content (AvgIpc) is 2.55. The van der Waals surface area contributed by atoms with Gasteiger partial charge in [-0.15, -0.1) is 0 Å². The molecular formula is C13H18FNO2Sn. The van der Waals surface area contributed by atoms with Gasteiger partial charge >= 0.3 is 111 Å². The van der Waals surface area contributed by atoms with Crippen LogP contribution in [-0.4, -0.2) is 37.1 Å². The van der Waals surface area contributed by atoms with E-state index in [0.29, 0.717) is 12.2 Å². The quantitative estimate of drug-likeness (QED) is 0.761. The van der Waals surface area contributed by atoms with Gasteiger partial charge in [0.05, 0.1) is 0 Å². The Bertz CT molecular complexity index is 484. The van der Waals surface area contributed by atoms with Crippen molar-refractivity contribution in [2.45, 2.75) is 27.8 Å². The molecule has 1 atom stereocenters. The van der Waals surface area contributed by atoms with Crippen molar-refractivity contribution in [1.82, 2.24) is 0 Å². The van der Waals surface area contributed by atoms with Crippen molar-refractivity contribution in [2.24, 2.45) is 0 Å². The second-order valence-corrected chi connectivity index (χ2v) is 20.1. The van der Waals surface area contributed by atoms with Gasteiger partial charge in [0.1, 0.15) is 0 Å². The van der Waals surface area contributed by atoms with E-state index in [0.717, 1.165) is 3.58 Å². The molecule has 0 N–H and O–H groups in total. The van der Waals surface area contributed by atoms with Gasteiger partial charge in [0.2, 0.25) is 0 Å². The van der Waals surface area contributed by atoms with Gasteiger partial charge in [0.25, 0.3) is 0 Å². The zero-order chi connectivity index (χ0) is 13.5. The third kappa shape index (κ3) is 2.63. The molecule has 98 valence electrons. The molecule has 1 saturated heterocycles. The molecular weight excluding hydrogens is 340 g/mol. The van der Waals surface area contributed by atoms with Crippen LogP contribution in [0.5, 0.6) is 0 Å². The fourth-order valence-corrected chi connectivity index (χ4v) is 6.01. The molecule has 18 heavy (non-hydrogen) atoms. The number of anilines is 1. The summed E-state index contributed by atoms with van der Waals surface area (Å²) in [7, 11) is 0. The van der Waals surface area contributed by atoms with Crippen molar-refractivity contribution in [3.8, 4) is 0 Å². The average molecular weight is 358 g/mol. The summed E-state index contributed by atoms with van der Waals surface area (Å²) >= 11 is -2.41. The van der Waals surface area contributed by atoms with Crippen LogP contribution in [0.1, 0.15) is 6.92 Å². The number of amides is 1. The zero-order valence-electron chi connectivity index (χ0n) is 11.2. The van der Waals surface area contributed by atoms with Crippen molar-refractivity contribution in [3.05, 3.63) is 24.0 Å². The van der Waals surface area contributed by atoms with Crippen LogP contribution in [-0.2, 0) is 4.74 Å². The van der Waals surface area contributed by atoms with Crippen LogP contribution in [0, 0.1) is 5.82 Å². The van der Waals surface area contributed by atoms with E-state index in [1.807, 2.05) is 19.1 Å². The Balaban J connectivity index is 2.32. The second kappa shape index (κ2) is 4.72. The maximum absolute atomic E-state index is 14.1. The van der Waals surface area contributed by atoms with Gasteiger partial charge in [-0.05, 0) is 0 Å². The standard InChI is InChI=1S/C10H9FNO2.3CH3.Sn/c1-7-6-12(10(13)14-7)9-4-2-3-8(11)5-9;;;;/h2,4-5,7H,6H2,1H3;3*1H3;/t7-;;;;/m0..../s1. The third-order valence-corrected chi connectivity index (χ3v) is 8.80. The topological polar surface area (TPSA) is 29.5 Å². The summed E-state index contributed by atoms with van der Waals surface area (Å²) in [5.74, 6) is -0.192. The van der Waals surface area contributed by atoms with Crippen LogP contribution in [0.4, 0.5) is 14.9 Å². The van der Waals surface area contributed by atoms with E-state index in [1.165, 1.54) is 11.0 Å². The fraction of sp³-hybridized carbons (Fsp3) is 0.462. The predicted molar refractivity (Wildman–Crippen MR) is 72.7 cm³/mol. The van der Waals surface area contributed by atoms with Crippen molar-refractivity contribution in [3.63, 3.8) is 0 Å². The number of cyclic esters (lactones) is 1. The molecule has 1 heterocycles. The molecule has 0 bridgehead atoms. The Morgan fingerprint density at radius 1 is 1.39 bits per heavy atom. The molecule has 3 nitrogen and oxygen atoms in total. The molecule has 1 amide bonds. The Kier molecular flexibility index (Phi) is 3.58. The van der Waals surface area contributed by atoms with Gasteiger partial charge in [-0.25, -0.2) is 0 Å². The van der Waals surface area contributed by atoms with E-state index in [2.05, 4.69) is 14.8 Å². The Hall–Kier alpha value is -0.781. The summed E-state index contributed by atoms with van der Waals surface area (Å²) in [6.07, 6.45) is -0.532. The van der Waals surface area contributed by atoms with Gasteiger partial charge in [-0.3, -0.25) is 0 Å². The third-order valence-electron chi connectivity index (χ3n) is 3.03. The molecule has 0 spiro atoms. The van der Waals surface area contributed by atoms with Crippen molar-refractivity contribution in [1.29, 1.82) is 0 Å². The first-order chi connectivity index (χ1) is 8.29.